The first kappa shape index (κ1) is 20.4. The molecule has 1 aliphatic rings. The predicted molar refractivity (Wildman–Crippen MR) is 126 cm³/mol. The molecule has 7 nitrogen and oxygen atoms in total. The first-order chi connectivity index (χ1) is 15.6. The second kappa shape index (κ2) is 8.55. The molecular weight excluding hydrogens is 422 g/mol. The van der Waals surface area contributed by atoms with Crippen LogP contribution in [0.1, 0.15) is 41.9 Å². The van der Waals surface area contributed by atoms with Crippen LogP contribution in [0.5, 0.6) is 0 Å². The van der Waals surface area contributed by atoms with E-state index in [-0.39, 0.29) is 17.7 Å². The van der Waals surface area contributed by atoms with Gasteiger partial charge in [-0.25, -0.2) is 4.98 Å². The molecule has 0 saturated carbocycles. The number of aromatic amines is 1. The van der Waals surface area contributed by atoms with Crippen LogP contribution in [0.25, 0.3) is 22.0 Å². The fourth-order valence-corrected chi connectivity index (χ4v) is 5.17. The third-order valence-corrected chi connectivity index (χ3v) is 6.58. The molecule has 2 amide bonds. The van der Waals surface area contributed by atoms with Gasteiger partial charge in [-0.1, -0.05) is 18.2 Å². The Hall–Kier alpha value is -3.52. The maximum Gasteiger partial charge on any atom is 0.273 e. The number of pyridine rings is 1. The van der Waals surface area contributed by atoms with Crippen molar-refractivity contribution < 1.29 is 9.59 Å². The van der Waals surface area contributed by atoms with Gasteiger partial charge in [0.2, 0.25) is 5.91 Å². The van der Waals surface area contributed by atoms with Crippen molar-refractivity contribution in [3.8, 4) is 11.1 Å². The number of thiazole rings is 1. The minimum Gasteiger partial charge on any atom is -0.358 e. The molecule has 1 aromatic carbocycles. The molecule has 1 aliphatic heterocycles. The number of carbonyl (C=O) groups is 2. The van der Waals surface area contributed by atoms with E-state index in [4.69, 9.17) is 0 Å². The highest BCUT2D eigenvalue weighted by atomic mass is 32.1. The number of amides is 2. The summed E-state index contributed by atoms with van der Waals surface area (Å²) in [6.07, 6.45) is 5.55. The number of likely N-dealkylation sites (tertiary alicyclic amines) is 1. The van der Waals surface area contributed by atoms with Crippen LogP contribution in [0, 0.1) is 0 Å². The van der Waals surface area contributed by atoms with Crippen molar-refractivity contribution in [2.24, 2.45) is 0 Å². The number of aromatic nitrogens is 3. The van der Waals surface area contributed by atoms with Crippen molar-refractivity contribution >= 4 is 39.2 Å². The second-order valence-electron chi connectivity index (χ2n) is 8.00. The van der Waals surface area contributed by atoms with Crippen molar-refractivity contribution in [3.63, 3.8) is 0 Å². The Morgan fingerprint density at radius 1 is 1.19 bits per heavy atom. The number of anilines is 1. The highest BCUT2D eigenvalue weighted by Gasteiger charge is 2.30. The summed E-state index contributed by atoms with van der Waals surface area (Å²) in [6, 6.07) is 12.4. The van der Waals surface area contributed by atoms with E-state index >= 15 is 0 Å². The summed E-state index contributed by atoms with van der Waals surface area (Å²) in [5.74, 6) is -0.0975. The summed E-state index contributed by atoms with van der Waals surface area (Å²) in [6.45, 7) is 2.75. The predicted octanol–water partition coefficient (Wildman–Crippen LogP) is 4.66. The molecule has 8 heteroatoms. The van der Waals surface area contributed by atoms with Crippen LogP contribution in [0.2, 0.25) is 0 Å². The van der Waals surface area contributed by atoms with E-state index in [0.29, 0.717) is 23.9 Å². The molecule has 32 heavy (non-hydrogen) atoms. The van der Waals surface area contributed by atoms with E-state index in [2.05, 4.69) is 38.5 Å². The van der Waals surface area contributed by atoms with Gasteiger partial charge in [0.15, 0.2) is 5.13 Å². The average Bonchev–Trinajstić information content (AvgIpc) is 3.43. The van der Waals surface area contributed by atoms with Gasteiger partial charge in [-0.05, 0) is 36.6 Å². The van der Waals surface area contributed by atoms with Crippen molar-refractivity contribution in [2.45, 2.75) is 25.7 Å². The van der Waals surface area contributed by atoms with Crippen molar-refractivity contribution in [2.75, 3.05) is 18.4 Å². The van der Waals surface area contributed by atoms with E-state index in [1.54, 1.807) is 5.38 Å². The highest BCUT2D eigenvalue weighted by molar-refractivity contribution is 7.14. The van der Waals surface area contributed by atoms with E-state index in [1.165, 1.54) is 29.2 Å². The van der Waals surface area contributed by atoms with Gasteiger partial charge in [0.25, 0.3) is 5.91 Å². The Morgan fingerprint density at radius 2 is 2.00 bits per heavy atom. The molecule has 1 unspecified atom stereocenters. The lowest BCUT2D eigenvalue weighted by molar-refractivity contribution is -0.114. The Morgan fingerprint density at radius 3 is 2.81 bits per heavy atom. The smallest absolute Gasteiger partial charge is 0.273 e. The van der Waals surface area contributed by atoms with Gasteiger partial charge >= 0.3 is 0 Å². The van der Waals surface area contributed by atoms with Crippen LogP contribution >= 0.6 is 11.3 Å². The van der Waals surface area contributed by atoms with Crippen LogP contribution in [-0.4, -0.2) is 44.8 Å². The van der Waals surface area contributed by atoms with Crippen LogP contribution in [0.3, 0.4) is 0 Å². The van der Waals surface area contributed by atoms with E-state index in [1.807, 2.05) is 35.5 Å². The molecular formula is C24H23N5O2S. The molecule has 5 rings (SSSR count). The topological polar surface area (TPSA) is 91.0 Å². The number of nitrogens with one attached hydrogen (secondary N) is 2. The monoisotopic (exact) mass is 445 g/mol. The number of rotatable bonds is 4. The fourth-order valence-electron chi connectivity index (χ4n) is 4.44. The standard InChI is InChI=1S/C24H23N5O2S/c1-15(30)26-24-28-20(14-32-24)23(31)29-12-4-5-17(13-29)22-21(16-8-10-25-11-9-16)18-6-2-3-7-19(18)27-22/h2-3,6-11,14,17,27H,4-5,12-13H2,1H3,(H,26,28,30). The second-order valence-corrected chi connectivity index (χ2v) is 8.86. The summed E-state index contributed by atoms with van der Waals surface area (Å²) in [5, 5.41) is 5.98. The van der Waals surface area contributed by atoms with E-state index in [9.17, 15) is 9.59 Å². The zero-order chi connectivity index (χ0) is 22.1. The number of fused-ring (bicyclic) bond motifs is 1. The van der Waals surface area contributed by atoms with Gasteiger partial charge in [-0.2, -0.15) is 0 Å². The number of H-pyrrole nitrogens is 1. The van der Waals surface area contributed by atoms with Gasteiger partial charge in [0, 0.05) is 65.9 Å². The molecule has 0 spiro atoms. The minimum atomic E-state index is -0.196. The number of para-hydroxylation sites is 1. The molecule has 162 valence electrons. The summed E-state index contributed by atoms with van der Waals surface area (Å²) >= 11 is 1.27. The molecule has 1 saturated heterocycles. The summed E-state index contributed by atoms with van der Waals surface area (Å²) in [7, 11) is 0. The normalized spacial score (nSPS) is 16.3. The molecule has 3 aromatic heterocycles. The molecule has 2 N–H and O–H groups in total. The molecule has 0 bridgehead atoms. The van der Waals surface area contributed by atoms with Gasteiger partial charge < -0.3 is 15.2 Å². The highest BCUT2D eigenvalue weighted by Crippen LogP contribution is 2.39. The number of carbonyl (C=O) groups excluding carboxylic acids is 2. The van der Waals surface area contributed by atoms with Gasteiger partial charge in [-0.15, -0.1) is 11.3 Å². The number of piperidine rings is 1. The lowest BCUT2D eigenvalue weighted by Gasteiger charge is -2.32. The van der Waals surface area contributed by atoms with Crippen molar-refractivity contribution in [3.05, 3.63) is 65.6 Å². The first-order valence-electron chi connectivity index (χ1n) is 10.6. The maximum absolute atomic E-state index is 13.1. The van der Waals surface area contributed by atoms with Crippen LogP contribution in [-0.2, 0) is 4.79 Å². The lowest BCUT2D eigenvalue weighted by atomic mass is 9.89. The number of benzene rings is 1. The van der Waals surface area contributed by atoms with E-state index in [0.717, 1.165) is 29.6 Å². The average molecular weight is 446 g/mol. The van der Waals surface area contributed by atoms with Gasteiger partial charge in [0.1, 0.15) is 5.69 Å². The molecule has 0 radical (unpaired) electrons. The largest absolute Gasteiger partial charge is 0.358 e. The van der Waals surface area contributed by atoms with Crippen LogP contribution in [0.15, 0.2) is 54.2 Å². The zero-order valence-electron chi connectivity index (χ0n) is 17.7. The summed E-state index contributed by atoms with van der Waals surface area (Å²) in [5.41, 5.74) is 4.94. The Balaban J connectivity index is 1.45. The number of hydrogen-bond donors (Lipinski definition) is 2. The van der Waals surface area contributed by atoms with Gasteiger partial charge in [-0.3, -0.25) is 14.6 Å². The minimum absolute atomic E-state index is 0.0934. The quantitative estimate of drug-likeness (QED) is 0.478. The van der Waals surface area contributed by atoms with Gasteiger partial charge in [0.05, 0.1) is 0 Å². The number of nitrogens with zero attached hydrogens (tertiary/aromatic N) is 3. The van der Waals surface area contributed by atoms with Crippen molar-refractivity contribution in [1.29, 1.82) is 0 Å². The maximum atomic E-state index is 13.1. The number of hydrogen-bond acceptors (Lipinski definition) is 5. The van der Waals surface area contributed by atoms with Crippen LogP contribution < -0.4 is 5.32 Å². The van der Waals surface area contributed by atoms with Crippen molar-refractivity contribution in [1.82, 2.24) is 19.9 Å². The molecule has 1 fully saturated rings. The lowest BCUT2D eigenvalue weighted by Crippen LogP contribution is -2.39. The third kappa shape index (κ3) is 3.89. The molecule has 4 heterocycles. The summed E-state index contributed by atoms with van der Waals surface area (Å²) < 4.78 is 0. The molecule has 4 aromatic rings. The fraction of sp³-hybridized carbons (Fsp3) is 0.250. The Bertz CT molecular complexity index is 1280. The SMILES string of the molecule is CC(=O)Nc1nc(C(=O)N2CCCC(c3[nH]c4ccccc4c3-c3ccncc3)C2)cs1. The Labute approximate surface area is 189 Å². The molecule has 1 atom stereocenters. The van der Waals surface area contributed by atoms with Crippen LogP contribution in [0.4, 0.5) is 5.13 Å². The Kier molecular flexibility index (Phi) is 5.45. The first-order valence-corrected chi connectivity index (χ1v) is 11.5. The summed E-state index contributed by atoms with van der Waals surface area (Å²) in [4.78, 5) is 38.4. The zero-order valence-corrected chi connectivity index (χ0v) is 18.5. The third-order valence-electron chi connectivity index (χ3n) is 5.83. The molecule has 0 aliphatic carbocycles. The van der Waals surface area contributed by atoms with E-state index < -0.39 is 0 Å².